The van der Waals surface area contributed by atoms with E-state index in [1.807, 2.05) is 25.1 Å². The van der Waals surface area contributed by atoms with Gasteiger partial charge in [0, 0.05) is 6.20 Å². The molecule has 0 saturated heterocycles. The van der Waals surface area contributed by atoms with Crippen molar-refractivity contribution >= 4 is 20.3 Å². The summed E-state index contributed by atoms with van der Waals surface area (Å²) in [6, 6.07) is 10.1. The molecule has 4 atom stereocenters. The number of hydrogen-bond acceptors (Lipinski definition) is 9. The average Bonchev–Trinajstić information content (AvgIpc) is 2.76. The highest BCUT2D eigenvalue weighted by molar-refractivity contribution is 7.45. The van der Waals surface area contributed by atoms with Crippen LogP contribution in [0.2, 0.25) is 0 Å². The van der Waals surface area contributed by atoms with Crippen molar-refractivity contribution in [3.8, 4) is 5.75 Å². The van der Waals surface area contributed by atoms with Gasteiger partial charge in [-0.1, -0.05) is 25.1 Å². The molecule has 10 nitrogen and oxygen atoms in total. The van der Waals surface area contributed by atoms with E-state index in [4.69, 9.17) is 24.3 Å². The average molecular weight is 481 g/mol. The highest BCUT2D eigenvalue weighted by Crippen LogP contribution is 2.36. The normalized spacial score (nSPS) is 15.0. The second kappa shape index (κ2) is 13.3. The fourth-order valence-electron chi connectivity index (χ4n) is 2.66. The number of carbonyl (C=O) groups is 1. The molecule has 0 amide bonds. The maximum Gasteiger partial charge on any atom is 0.351 e. The molecule has 4 unspecified atom stereocenters. The zero-order valence-corrected chi connectivity index (χ0v) is 20.5. The fourth-order valence-corrected chi connectivity index (χ4v) is 3.88. The van der Waals surface area contributed by atoms with Crippen LogP contribution in [0.4, 0.5) is 5.82 Å². The topological polar surface area (TPSA) is 127 Å². The van der Waals surface area contributed by atoms with Crippen LogP contribution in [-0.4, -0.2) is 40.4 Å². The van der Waals surface area contributed by atoms with Gasteiger partial charge >= 0.3 is 20.2 Å². The molecule has 0 spiro atoms. The first-order valence-corrected chi connectivity index (χ1v) is 12.0. The first-order valence-electron chi connectivity index (χ1n) is 10.8. The van der Waals surface area contributed by atoms with Crippen molar-refractivity contribution in [2.24, 2.45) is 0 Å². The molecule has 182 valence electrons. The summed E-state index contributed by atoms with van der Waals surface area (Å²) in [6.07, 6.45) is 1.02. The van der Waals surface area contributed by atoms with Crippen molar-refractivity contribution in [1.29, 1.82) is 0 Å². The Hall–Kier alpha value is -2.52. The van der Waals surface area contributed by atoms with Crippen LogP contribution < -0.4 is 21.0 Å². The third kappa shape index (κ3) is 9.09. The van der Waals surface area contributed by atoms with Crippen LogP contribution in [0.25, 0.3) is 0 Å². The van der Waals surface area contributed by atoms with Gasteiger partial charge < -0.3 is 24.3 Å². The minimum atomic E-state index is -1.69. The van der Waals surface area contributed by atoms with Gasteiger partial charge in [0.1, 0.15) is 23.8 Å². The summed E-state index contributed by atoms with van der Waals surface area (Å²) in [7, 11) is -1.69. The molecule has 0 radical (unpaired) electrons. The Kier molecular flexibility index (Phi) is 10.7. The number of benzene rings is 1. The van der Waals surface area contributed by atoms with Gasteiger partial charge in [-0.25, -0.2) is 9.88 Å². The lowest BCUT2D eigenvalue weighted by molar-refractivity contribution is -0.149. The van der Waals surface area contributed by atoms with E-state index < -0.39 is 32.5 Å². The number of aromatic nitrogens is 2. The van der Waals surface area contributed by atoms with Crippen molar-refractivity contribution in [3.05, 3.63) is 53.1 Å². The van der Waals surface area contributed by atoms with Crippen molar-refractivity contribution in [3.63, 3.8) is 0 Å². The first-order chi connectivity index (χ1) is 15.7. The van der Waals surface area contributed by atoms with Crippen LogP contribution in [0.3, 0.4) is 0 Å². The Balaban J connectivity index is 2.03. The second-order valence-electron chi connectivity index (χ2n) is 7.60. The SMILES string of the molecule is CCC(COP(NC(C)C(=O)OC(C)C)Oc1ccccc1)OC(C)n1ccc(N)nc1=O. The van der Waals surface area contributed by atoms with E-state index in [1.165, 1.54) is 16.8 Å². The summed E-state index contributed by atoms with van der Waals surface area (Å²) in [5.74, 6) is 0.353. The van der Waals surface area contributed by atoms with E-state index in [9.17, 15) is 9.59 Å². The zero-order chi connectivity index (χ0) is 24.4. The van der Waals surface area contributed by atoms with Gasteiger partial charge in [-0.05, 0) is 52.3 Å². The van der Waals surface area contributed by atoms with Gasteiger partial charge in [0.25, 0.3) is 0 Å². The summed E-state index contributed by atoms with van der Waals surface area (Å²) >= 11 is 0. The molecule has 0 aliphatic heterocycles. The number of nitrogens with zero attached hydrogens (tertiary/aromatic N) is 2. The number of nitrogens with one attached hydrogen (secondary N) is 1. The first kappa shape index (κ1) is 26.7. The maximum atomic E-state index is 12.2. The predicted molar refractivity (Wildman–Crippen MR) is 127 cm³/mol. The van der Waals surface area contributed by atoms with Gasteiger partial charge in [-0.15, -0.1) is 0 Å². The number of para-hydroxylation sites is 1. The zero-order valence-electron chi connectivity index (χ0n) is 19.6. The van der Waals surface area contributed by atoms with Gasteiger partial charge in [0.15, 0.2) is 0 Å². The third-order valence-electron chi connectivity index (χ3n) is 4.40. The van der Waals surface area contributed by atoms with Crippen LogP contribution in [0.5, 0.6) is 5.75 Å². The van der Waals surface area contributed by atoms with E-state index in [2.05, 4.69) is 10.1 Å². The minimum absolute atomic E-state index is 0.152. The molecular weight excluding hydrogens is 447 g/mol. The largest absolute Gasteiger partial charge is 0.462 e. The Morgan fingerprint density at radius 3 is 2.48 bits per heavy atom. The van der Waals surface area contributed by atoms with Crippen LogP contribution >= 0.6 is 8.53 Å². The number of ether oxygens (including phenoxy) is 2. The third-order valence-corrected chi connectivity index (χ3v) is 5.76. The Morgan fingerprint density at radius 1 is 1.18 bits per heavy atom. The summed E-state index contributed by atoms with van der Waals surface area (Å²) in [4.78, 5) is 28.0. The number of nitrogens with two attached hydrogens (primary N) is 1. The molecule has 2 aromatic rings. The maximum absolute atomic E-state index is 12.2. The highest BCUT2D eigenvalue weighted by Gasteiger charge is 2.25. The van der Waals surface area contributed by atoms with Gasteiger partial charge in [0.05, 0.1) is 18.8 Å². The molecule has 0 aliphatic rings. The molecule has 0 saturated carbocycles. The number of carbonyl (C=O) groups excluding carboxylic acids is 1. The predicted octanol–water partition coefficient (Wildman–Crippen LogP) is 3.39. The van der Waals surface area contributed by atoms with E-state index in [-0.39, 0.29) is 24.6 Å². The number of nitrogen functional groups attached to an aromatic ring is 1. The van der Waals surface area contributed by atoms with Crippen molar-refractivity contribution in [2.45, 2.75) is 65.5 Å². The highest BCUT2D eigenvalue weighted by atomic mass is 31.2. The Morgan fingerprint density at radius 2 is 1.88 bits per heavy atom. The van der Waals surface area contributed by atoms with Crippen LogP contribution in [0.15, 0.2) is 47.4 Å². The molecule has 3 N–H and O–H groups in total. The molecule has 1 aromatic heterocycles. The van der Waals surface area contributed by atoms with Crippen LogP contribution in [0, 0.1) is 0 Å². The summed E-state index contributed by atoms with van der Waals surface area (Å²) in [5, 5.41) is 3.06. The minimum Gasteiger partial charge on any atom is -0.462 e. The van der Waals surface area contributed by atoms with Gasteiger partial charge in [-0.3, -0.25) is 9.36 Å². The lowest BCUT2D eigenvalue weighted by Crippen LogP contribution is -2.35. The van der Waals surface area contributed by atoms with Crippen molar-refractivity contribution in [2.75, 3.05) is 12.3 Å². The van der Waals surface area contributed by atoms with Crippen molar-refractivity contribution < 1.29 is 23.3 Å². The monoisotopic (exact) mass is 480 g/mol. The van der Waals surface area contributed by atoms with E-state index in [0.717, 1.165) is 0 Å². The van der Waals surface area contributed by atoms with Crippen LogP contribution in [-0.2, 0) is 18.8 Å². The number of esters is 1. The molecule has 1 heterocycles. The van der Waals surface area contributed by atoms with Gasteiger partial charge in [0.2, 0.25) is 0 Å². The Bertz CT molecular complexity index is 927. The molecule has 0 fully saturated rings. The molecule has 0 aliphatic carbocycles. The van der Waals surface area contributed by atoms with Crippen LogP contribution in [0.1, 0.15) is 47.3 Å². The fraction of sp³-hybridized carbons (Fsp3) is 0.500. The molecule has 2 rings (SSSR count). The number of rotatable bonds is 13. The number of hydrogen-bond donors (Lipinski definition) is 2. The molecule has 11 heteroatoms. The number of anilines is 1. The molecule has 0 bridgehead atoms. The standard InChI is InChI=1S/C22H33N4O6P/c1-6-18(31-17(5)26-13-12-20(23)24-22(26)28)14-29-33(32-19-10-8-7-9-11-19)25-16(4)21(27)30-15(2)3/h7-13,15-18,25H,6,14H2,1-5H3,(H2,23,24,28). The van der Waals surface area contributed by atoms with E-state index in [1.54, 1.807) is 39.8 Å². The van der Waals surface area contributed by atoms with E-state index >= 15 is 0 Å². The molecular formula is C22H33N4O6P. The Labute approximate surface area is 195 Å². The molecule has 33 heavy (non-hydrogen) atoms. The summed E-state index contributed by atoms with van der Waals surface area (Å²) < 4.78 is 24.5. The van der Waals surface area contributed by atoms with E-state index in [0.29, 0.717) is 12.2 Å². The second-order valence-corrected chi connectivity index (χ2v) is 8.81. The smallest absolute Gasteiger partial charge is 0.351 e. The lowest BCUT2D eigenvalue weighted by atomic mass is 10.3. The summed E-state index contributed by atoms with van der Waals surface area (Å²) in [5.41, 5.74) is 5.06. The molecule has 1 aromatic carbocycles. The lowest BCUT2D eigenvalue weighted by Gasteiger charge is -2.26. The summed E-state index contributed by atoms with van der Waals surface area (Å²) in [6.45, 7) is 9.13. The quantitative estimate of drug-likeness (QED) is 0.328. The van der Waals surface area contributed by atoms with Gasteiger partial charge in [-0.2, -0.15) is 4.98 Å². The van der Waals surface area contributed by atoms with Crippen molar-refractivity contribution in [1.82, 2.24) is 14.6 Å².